The van der Waals surface area contributed by atoms with E-state index in [4.69, 9.17) is 21.7 Å². The van der Waals surface area contributed by atoms with Crippen molar-refractivity contribution >= 4 is 35.5 Å². The molecule has 2 atom stereocenters. The van der Waals surface area contributed by atoms with Crippen LogP contribution in [0.1, 0.15) is 18.4 Å². The Labute approximate surface area is 182 Å². The molecule has 0 radical (unpaired) electrons. The van der Waals surface area contributed by atoms with E-state index < -0.39 is 48.1 Å². The van der Waals surface area contributed by atoms with Crippen molar-refractivity contribution in [3.05, 3.63) is 17.7 Å². The Balaban J connectivity index is 2.89. The standard InChI is InChI=1S/C18H26N4O8S/c19-4-3-9-5-12(23)16(27)13(6-9)31-8-11(17(28)21-7-15(25)26)22-14(24)2-1-10(20)18(29)30/h5-6,10-11,23,27H,1-4,7-8,19-20H2,(H,21,28)(H,22,24)(H,25,26)(H,29,30)/t10-,11+/m0/s1. The lowest BCUT2D eigenvalue weighted by atomic mass is 10.1. The molecule has 0 saturated carbocycles. The quantitative estimate of drug-likeness (QED) is 0.126. The number of phenolic OH excluding ortho intramolecular Hbond substituents is 2. The van der Waals surface area contributed by atoms with Gasteiger partial charge in [0.25, 0.3) is 0 Å². The first-order valence-corrected chi connectivity index (χ1v) is 10.2. The van der Waals surface area contributed by atoms with Crippen molar-refractivity contribution in [3.63, 3.8) is 0 Å². The zero-order chi connectivity index (χ0) is 23.6. The maximum atomic E-state index is 12.3. The zero-order valence-corrected chi connectivity index (χ0v) is 17.4. The molecule has 0 spiro atoms. The van der Waals surface area contributed by atoms with E-state index in [0.717, 1.165) is 11.8 Å². The number of carboxylic acid groups (broad SMARTS) is 2. The SMILES string of the molecule is NCCc1cc(O)c(O)c(SC[C@@H](NC(=O)CC[C@H](N)C(=O)O)C(=O)NCC(=O)O)c1. The van der Waals surface area contributed by atoms with Gasteiger partial charge in [-0.05, 0) is 37.1 Å². The molecule has 0 aliphatic carbocycles. The molecule has 0 saturated heterocycles. The van der Waals surface area contributed by atoms with Gasteiger partial charge in [-0.2, -0.15) is 0 Å². The number of thioether (sulfide) groups is 1. The predicted molar refractivity (Wildman–Crippen MR) is 111 cm³/mol. The summed E-state index contributed by atoms with van der Waals surface area (Å²) < 4.78 is 0. The van der Waals surface area contributed by atoms with Gasteiger partial charge in [0.1, 0.15) is 18.6 Å². The highest BCUT2D eigenvalue weighted by molar-refractivity contribution is 7.99. The van der Waals surface area contributed by atoms with Crippen molar-refractivity contribution in [3.8, 4) is 11.5 Å². The highest BCUT2D eigenvalue weighted by atomic mass is 32.2. The van der Waals surface area contributed by atoms with Crippen molar-refractivity contribution in [2.45, 2.75) is 36.2 Å². The van der Waals surface area contributed by atoms with Gasteiger partial charge >= 0.3 is 11.9 Å². The molecule has 0 unspecified atom stereocenters. The van der Waals surface area contributed by atoms with Crippen LogP contribution in [0.4, 0.5) is 0 Å². The second kappa shape index (κ2) is 12.6. The van der Waals surface area contributed by atoms with E-state index in [1.165, 1.54) is 6.07 Å². The Morgan fingerprint density at radius 3 is 2.39 bits per heavy atom. The molecule has 0 aliphatic rings. The summed E-state index contributed by atoms with van der Waals surface area (Å²) in [6.45, 7) is -0.360. The monoisotopic (exact) mass is 458 g/mol. The van der Waals surface area contributed by atoms with Gasteiger partial charge in [-0.15, -0.1) is 11.8 Å². The van der Waals surface area contributed by atoms with E-state index >= 15 is 0 Å². The van der Waals surface area contributed by atoms with Crippen LogP contribution in [-0.4, -0.2) is 75.1 Å². The fourth-order valence-electron chi connectivity index (χ4n) is 2.39. The Kier molecular flexibility index (Phi) is 10.6. The van der Waals surface area contributed by atoms with Crippen LogP contribution in [0.25, 0.3) is 0 Å². The first-order valence-electron chi connectivity index (χ1n) is 9.20. The van der Waals surface area contributed by atoms with Gasteiger partial charge in [0.05, 0.1) is 4.90 Å². The number of carbonyl (C=O) groups excluding carboxylic acids is 2. The van der Waals surface area contributed by atoms with Gasteiger partial charge in [-0.1, -0.05) is 0 Å². The molecule has 172 valence electrons. The summed E-state index contributed by atoms with van der Waals surface area (Å²) in [5.41, 5.74) is 11.5. The fraction of sp³-hybridized carbons (Fsp3) is 0.444. The fourth-order valence-corrected chi connectivity index (χ4v) is 3.45. The van der Waals surface area contributed by atoms with Crippen LogP contribution in [0.5, 0.6) is 11.5 Å². The third-order valence-electron chi connectivity index (χ3n) is 4.02. The highest BCUT2D eigenvalue weighted by Gasteiger charge is 2.23. The maximum Gasteiger partial charge on any atom is 0.322 e. The van der Waals surface area contributed by atoms with Crippen molar-refractivity contribution in [2.24, 2.45) is 11.5 Å². The third kappa shape index (κ3) is 9.11. The smallest absolute Gasteiger partial charge is 0.322 e. The molecule has 1 aromatic rings. The molecule has 13 heteroatoms. The van der Waals surface area contributed by atoms with E-state index in [2.05, 4.69) is 10.6 Å². The van der Waals surface area contributed by atoms with E-state index in [1.54, 1.807) is 6.07 Å². The molecule has 1 rings (SSSR count). The molecule has 0 fully saturated rings. The summed E-state index contributed by atoms with van der Waals surface area (Å²) in [4.78, 5) is 46.1. The van der Waals surface area contributed by atoms with E-state index in [-0.39, 0.29) is 29.2 Å². The summed E-state index contributed by atoms with van der Waals surface area (Å²) in [5, 5.41) is 42.0. The molecule has 0 heterocycles. The van der Waals surface area contributed by atoms with Crippen molar-refractivity contribution < 1.29 is 39.6 Å². The molecular weight excluding hydrogens is 432 g/mol. The van der Waals surface area contributed by atoms with Crippen molar-refractivity contribution in [1.82, 2.24) is 10.6 Å². The van der Waals surface area contributed by atoms with Crippen molar-refractivity contribution in [1.29, 1.82) is 0 Å². The van der Waals surface area contributed by atoms with Crippen LogP contribution in [-0.2, 0) is 25.6 Å². The van der Waals surface area contributed by atoms with Gasteiger partial charge in [0.15, 0.2) is 11.5 Å². The van der Waals surface area contributed by atoms with Gasteiger partial charge in [0.2, 0.25) is 11.8 Å². The lowest BCUT2D eigenvalue weighted by Crippen LogP contribution is -2.49. The predicted octanol–water partition coefficient (Wildman–Crippen LogP) is -1.43. The molecule has 1 aromatic carbocycles. The van der Waals surface area contributed by atoms with Crippen LogP contribution in [0, 0.1) is 0 Å². The highest BCUT2D eigenvalue weighted by Crippen LogP contribution is 2.37. The Morgan fingerprint density at radius 2 is 1.81 bits per heavy atom. The number of amides is 2. The summed E-state index contributed by atoms with van der Waals surface area (Å²) in [6, 6.07) is 0.491. The molecule has 31 heavy (non-hydrogen) atoms. The minimum Gasteiger partial charge on any atom is -0.504 e. The van der Waals surface area contributed by atoms with Crippen LogP contribution in [0.2, 0.25) is 0 Å². The number of aliphatic carboxylic acids is 2. The molecule has 2 amide bonds. The Hall–Kier alpha value is -3.03. The lowest BCUT2D eigenvalue weighted by molar-refractivity contribution is -0.139. The molecular formula is C18H26N4O8S. The number of carbonyl (C=O) groups is 4. The number of rotatable bonds is 13. The normalized spacial score (nSPS) is 12.6. The number of aromatic hydroxyl groups is 2. The van der Waals surface area contributed by atoms with E-state index in [0.29, 0.717) is 18.5 Å². The number of nitrogens with two attached hydrogens (primary N) is 2. The molecule has 0 aliphatic heterocycles. The topological polar surface area (TPSA) is 225 Å². The van der Waals surface area contributed by atoms with Gasteiger partial charge in [0, 0.05) is 12.2 Å². The lowest BCUT2D eigenvalue weighted by Gasteiger charge is -2.19. The van der Waals surface area contributed by atoms with Gasteiger partial charge < -0.3 is 42.5 Å². The minimum absolute atomic E-state index is 0.110. The maximum absolute atomic E-state index is 12.3. The Morgan fingerprint density at radius 1 is 1.13 bits per heavy atom. The van der Waals surface area contributed by atoms with Crippen molar-refractivity contribution in [2.75, 3.05) is 18.8 Å². The summed E-state index contributed by atoms with van der Waals surface area (Å²) in [7, 11) is 0. The molecule has 0 bridgehead atoms. The number of phenols is 2. The molecule has 10 N–H and O–H groups in total. The van der Waals surface area contributed by atoms with Crippen LogP contribution in [0.3, 0.4) is 0 Å². The summed E-state index contributed by atoms with van der Waals surface area (Å²) in [5.74, 6) is -4.88. The van der Waals surface area contributed by atoms with Gasteiger partial charge in [-0.3, -0.25) is 19.2 Å². The second-order valence-electron chi connectivity index (χ2n) is 6.53. The average Bonchev–Trinajstić information content (AvgIpc) is 2.70. The van der Waals surface area contributed by atoms with Crippen LogP contribution >= 0.6 is 11.8 Å². The number of benzene rings is 1. The number of hydrogen-bond acceptors (Lipinski definition) is 9. The first-order chi connectivity index (χ1) is 14.5. The Bertz CT molecular complexity index is 820. The average molecular weight is 458 g/mol. The van der Waals surface area contributed by atoms with E-state index in [1.807, 2.05) is 0 Å². The number of carboxylic acids is 2. The summed E-state index contributed by atoms with van der Waals surface area (Å²) in [6.07, 6.45) is 0.0108. The first kappa shape index (κ1) is 26.0. The van der Waals surface area contributed by atoms with Gasteiger partial charge in [-0.25, -0.2) is 0 Å². The third-order valence-corrected chi connectivity index (χ3v) is 5.14. The number of hydrogen-bond donors (Lipinski definition) is 8. The molecule has 0 aromatic heterocycles. The summed E-state index contributed by atoms with van der Waals surface area (Å²) >= 11 is 0.951. The zero-order valence-electron chi connectivity index (χ0n) is 16.5. The largest absolute Gasteiger partial charge is 0.504 e. The second-order valence-corrected chi connectivity index (χ2v) is 7.59. The van der Waals surface area contributed by atoms with E-state index in [9.17, 15) is 29.4 Å². The van der Waals surface area contributed by atoms with Crippen LogP contribution < -0.4 is 22.1 Å². The molecule has 12 nitrogen and oxygen atoms in total. The van der Waals surface area contributed by atoms with Crippen LogP contribution in [0.15, 0.2) is 17.0 Å². The number of nitrogens with one attached hydrogen (secondary N) is 2. The minimum atomic E-state index is -1.28.